The zero-order valence-electron chi connectivity index (χ0n) is 15.5. The molecule has 1 saturated heterocycles. The number of nitrogens with one attached hydrogen (secondary N) is 1. The molecule has 150 valence electrons. The van der Waals surface area contributed by atoms with Crippen molar-refractivity contribution in [3.63, 3.8) is 0 Å². The average Bonchev–Trinajstić information content (AvgIpc) is 2.62. The van der Waals surface area contributed by atoms with E-state index in [-0.39, 0.29) is 29.2 Å². The fourth-order valence-electron chi connectivity index (χ4n) is 3.10. The summed E-state index contributed by atoms with van der Waals surface area (Å²) in [6.45, 7) is 4.19. The molecule has 2 rings (SSSR count). The molecule has 1 aliphatic rings. The number of piperidine rings is 1. The largest absolute Gasteiger partial charge is 0.466 e. The van der Waals surface area contributed by atoms with Crippen LogP contribution >= 0.6 is 0 Å². The molecule has 0 aliphatic carbocycles. The Morgan fingerprint density at radius 2 is 2.00 bits per heavy atom. The molecule has 0 spiro atoms. The lowest BCUT2D eigenvalue weighted by atomic mass is 9.98. The van der Waals surface area contributed by atoms with Gasteiger partial charge >= 0.3 is 5.97 Å². The summed E-state index contributed by atoms with van der Waals surface area (Å²) in [5.41, 5.74) is 0.906. The van der Waals surface area contributed by atoms with E-state index < -0.39 is 10.0 Å². The third kappa shape index (κ3) is 6.93. The van der Waals surface area contributed by atoms with Crippen molar-refractivity contribution in [2.75, 3.05) is 32.8 Å². The van der Waals surface area contributed by atoms with Gasteiger partial charge in [-0.15, -0.1) is 0 Å². The van der Waals surface area contributed by atoms with Crippen LogP contribution in [0.15, 0.2) is 29.2 Å². The maximum atomic E-state index is 12.1. The minimum Gasteiger partial charge on any atom is -0.466 e. The predicted octanol–water partition coefficient (Wildman–Crippen LogP) is 0.268. The van der Waals surface area contributed by atoms with Gasteiger partial charge in [-0.25, -0.2) is 13.6 Å². The zero-order chi connectivity index (χ0) is 19.9. The molecule has 1 amide bonds. The van der Waals surface area contributed by atoms with Crippen molar-refractivity contribution in [1.82, 2.24) is 10.2 Å². The molecular weight excluding hydrogens is 370 g/mol. The zero-order valence-corrected chi connectivity index (χ0v) is 16.3. The number of nitrogens with zero attached hydrogens (tertiary/aromatic N) is 1. The predicted molar refractivity (Wildman–Crippen MR) is 100 cm³/mol. The Balaban J connectivity index is 1.73. The number of amides is 1. The molecule has 8 nitrogen and oxygen atoms in total. The van der Waals surface area contributed by atoms with Crippen molar-refractivity contribution in [2.45, 2.75) is 31.1 Å². The van der Waals surface area contributed by atoms with Gasteiger partial charge in [-0.05, 0) is 50.4 Å². The molecule has 1 aromatic rings. The molecule has 1 aliphatic heterocycles. The second kappa shape index (κ2) is 9.82. The van der Waals surface area contributed by atoms with Crippen LogP contribution in [0.2, 0.25) is 0 Å². The highest BCUT2D eigenvalue weighted by Crippen LogP contribution is 2.17. The number of primary sulfonamides is 1. The molecule has 1 aromatic carbocycles. The Morgan fingerprint density at radius 3 is 2.63 bits per heavy atom. The molecule has 1 atom stereocenters. The second-order valence-electron chi connectivity index (χ2n) is 6.62. The third-order valence-corrected chi connectivity index (χ3v) is 5.41. The van der Waals surface area contributed by atoms with Crippen LogP contribution in [-0.2, 0) is 30.8 Å². The second-order valence-corrected chi connectivity index (χ2v) is 8.18. The topological polar surface area (TPSA) is 119 Å². The summed E-state index contributed by atoms with van der Waals surface area (Å²) in [4.78, 5) is 26.0. The monoisotopic (exact) mass is 397 g/mol. The number of hydrogen-bond acceptors (Lipinski definition) is 6. The molecule has 9 heteroatoms. The molecule has 1 heterocycles. The van der Waals surface area contributed by atoms with Crippen LogP contribution in [0.3, 0.4) is 0 Å². The fourth-order valence-corrected chi connectivity index (χ4v) is 3.62. The first-order valence-corrected chi connectivity index (χ1v) is 10.6. The van der Waals surface area contributed by atoms with Gasteiger partial charge in [-0.1, -0.05) is 12.1 Å². The number of carbonyl (C=O) groups excluding carboxylic acids is 2. The first-order chi connectivity index (χ1) is 12.8. The van der Waals surface area contributed by atoms with Crippen LogP contribution in [-0.4, -0.2) is 58.0 Å². The number of hydrogen-bond donors (Lipinski definition) is 2. The highest BCUT2D eigenvalue weighted by molar-refractivity contribution is 7.89. The van der Waals surface area contributed by atoms with E-state index in [9.17, 15) is 18.0 Å². The van der Waals surface area contributed by atoms with Crippen molar-refractivity contribution < 1.29 is 22.7 Å². The van der Waals surface area contributed by atoms with E-state index in [1.54, 1.807) is 19.1 Å². The minimum absolute atomic E-state index is 0.0662. The quantitative estimate of drug-likeness (QED) is 0.608. The van der Waals surface area contributed by atoms with Gasteiger partial charge in [0.25, 0.3) is 0 Å². The van der Waals surface area contributed by atoms with Crippen molar-refractivity contribution >= 4 is 21.9 Å². The lowest BCUT2D eigenvalue weighted by molar-refractivity contribution is -0.150. The van der Waals surface area contributed by atoms with Crippen LogP contribution in [0, 0.1) is 5.92 Å². The van der Waals surface area contributed by atoms with Crippen molar-refractivity contribution in [3.05, 3.63) is 29.8 Å². The Morgan fingerprint density at radius 1 is 1.30 bits per heavy atom. The van der Waals surface area contributed by atoms with Gasteiger partial charge < -0.3 is 10.1 Å². The molecule has 0 saturated carbocycles. The summed E-state index contributed by atoms with van der Waals surface area (Å²) >= 11 is 0. The summed E-state index contributed by atoms with van der Waals surface area (Å²) in [6, 6.07) is 6.27. The number of benzene rings is 1. The Labute approximate surface area is 160 Å². The van der Waals surface area contributed by atoms with E-state index in [1.807, 2.05) is 4.90 Å². The van der Waals surface area contributed by atoms with Gasteiger partial charge in [0.05, 0.1) is 24.0 Å². The van der Waals surface area contributed by atoms with E-state index in [1.165, 1.54) is 12.1 Å². The van der Waals surface area contributed by atoms with E-state index in [0.29, 0.717) is 26.1 Å². The molecule has 0 bridgehead atoms. The van der Waals surface area contributed by atoms with E-state index in [2.05, 4.69) is 5.32 Å². The first kappa shape index (κ1) is 21.3. The van der Waals surface area contributed by atoms with Crippen LogP contribution in [0.25, 0.3) is 0 Å². The van der Waals surface area contributed by atoms with Crippen LogP contribution in [0.1, 0.15) is 25.3 Å². The van der Waals surface area contributed by atoms with Crippen LogP contribution < -0.4 is 10.5 Å². The van der Waals surface area contributed by atoms with E-state index in [4.69, 9.17) is 9.88 Å². The fraction of sp³-hybridized carbons (Fsp3) is 0.556. The van der Waals surface area contributed by atoms with Gasteiger partial charge in [-0.2, -0.15) is 0 Å². The van der Waals surface area contributed by atoms with Crippen LogP contribution in [0.5, 0.6) is 0 Å². The number of sulfonamides is 1. The molecule has 0 radical (unpaired) electrons. The maximum absolute atomic E-state index is 12.1. The standard InChI is InChI=1S/C18H27N3O5S/c1-2-26-18(23)15-4-3-11-21(12-15)13-17(22)20-10-9-14-5-7-16(8-6-14)27(19,24)25/h5-8,15H,2-4,9-13H2,1H3,(H,20,22)(H2,19,24,25)/t15-/m1/s1. The van der Waals surface area contributed by atoms with Crippen molar-refractivity contribution in [2.24, 2.45) is 11.1 Å². The van der Waals surface area contributed by atoms with Gasteiger partial charge in [0.15, 0.2) is 0 Å². The Hall–Kier alpha value is -1.97. The van der Waals surface area contributed by atoms with Gasteiger partial charge in [-0.3, -0.25) is 14.5 Å². The molecule has 1 fully saturated rings. The Kier molecular flexibility index (Phi) is 7.76. The van der Waals surface area contributed by atoms with Gasteiger partial charge in [0, 0.05) is 13.1 Å². The number of likely N-dealkylation sites (tertiary alicyclic amines) is 1. The first-order valence-electron chi connectivity index (χ1n) is 9.07. The lowest BCUT2D eigenvalue weighted by Gasteiger charge is -2.30. The summed E-state index contributed by atoms with van der Waals surface area (Å²) in [6.07, 6.45) is 2.25. The number of ether oxygens (including phenoxy) is 1. The molecule has 3 N–H and O–H groups in total. The molecule has 0 unspecified atom stereocenters. The van der Waals surface area contributed by atoms with E-state index >= 15 is 0 Å². The summed E-state index contributed by atoms with van der Waals surface area (Å²) < 4.78 is 27.5. The van der Waals surface area contributed by atoms with Gasteiger partial charge in [0.2, 0.25) is 15.9 Å². The number of nitrogens with two attached hydrogens (primary N) is 1. The Bertz CT molecular complexity index is 749. The maximum Gasteiger partial charge on any atom is 0.310 e. The SMILES string of the molecule is CCOC(=O)[C@@H]1CCCN(CC(=O)NCCc2ccc(S(N)(=O)=O)cc2)C1. The lowest BCUT2D eigenvalue weighted by Crippen LogP contribution is -2.44. The molecule has 0 aromatic heterocycles. The average molecular weight is 397 g/mol. The summed E-state index contributed by atoms with van der Waals surface area (Å²) in [7, 11) is -3.69. The highest BCUT2D eigenvalue weighted by atomic mass is 32.2. The minimum atomic E-state index is -3.69. The van der Waals surface area contributed by atoms with Crippen molar-refractivity contribution in [3.8, 4) is 0 Å². The van der Waals surface area contributed by atoms with Crippen molar-refractivity contribution in [1.29, 1.82) is 0 Å². The third-order valence-electron chi connectivity index (χ3n) is 4.48. The summed E-state index contributed by atoms with van der Waals surface area (Å²) in [5.74, 6) is -0.449. The summed E-state index contributed by atoms with van der Waals surface area (Å²) in [5, 5.41) is 7.92. The van der Waals surface area contributed by atoms with Crippen LogP contribution in [0.4, 0.5) is 0 Å². The van der Waals surface area contributed by atoms with E-state index in [0.717, 1.165) is 24.9 Å². The number of carbonyl (C=O) groups is 2. The highest BCUT2D eigenvalue weighted by Gasteiger charge is 2.27. The van der Waals surface area contributed by atoms with Gasteiger partial charge in [0.1, 0.15) is 0 Å². The smallest absolute Gasteiger partial charge is 0.310 e. The number of rotatable bonds is 8. The molecular formula is C18H27N3O5S. The number of esters is 1. The normalized spacial score (nSPS) is 18.1. The molecule has 27 heavy (non-hydrogen) atoms.